The Morgan fingerprint density at radius 1 is 0.974 bits per heavy atom. The summed E-state index contributed by atoms with van der Waals surface area (Å²) in [6, 6.07) is 17.6. The summed E-state index contributed by atoms with van der Waals surface area (Å²) in [7, 11) is 0. The molecule has 1 amide bonds. The second-order valence-electron chi connectivity index (χ2n) is 10.6. The summed E-state index contributed by atoms with van der Waals surface area (Å²) in [6.45, 7) is 1.99. The van der Waals surface area contributed by atoms with Crippen LogP contribution in [0.1, 0.15) is 24.8 Å². The zero-order valence-electron chi connectivity index (χ0n) is 21.1. The van der Waals surface area contributed by atoms with Gasteiger partial charge in [0.25, 0.3) is 0 Å². The van der Waals surface area contributed by atoms with Gasteiger partial charge in [-0.2, -0.15) is 13.2 Å². The predicted octanol–water partition coefficient (Wildman–Crippen LogP) is 6.30. The molecule has 2 aliphatic rings. The second kappa shape index (κ2) is 8.97. The quantitative estimate of drug-likeness (QED) is 0.269. The molecular weight excluding hydrogens is 503 g/mol. The average molecular weight is 530 g/mol. The maximum absolute atomic E-state index is 13.5. The van der Waals surface area contributed by atoms with Crippen LogP contribution < -0.4 is 0 Å². The fourth-order valence-electron chi connectivity index (χ4n) is 5.71. The van der Waals surface area contributed by atoms with Gasteiger partial charge in [0.05, 0.1) is 22.3 Å². The molecule has 1 atom stereocenters. The normalized spacial score (nSPS) is 17.9. The Morgan fingerprint density at radius 3 is 2.54 bits per heavy atom. The molecule has 6 nitrogen and oxygen atoms in total. The van der Waals surface area contributed by atoms with Crippen LogP contribution in [-0.2, 0) is 17.5 Å². The van der Waals surface area contributed by atoms with Crippen molar-refractivity contribution in [2.24, 2.45) is 11.8 Å². The Hall–Kier alpha value is -4.14. The van der Waals surface area contributed by atoms with Gasteiger partial charge in [0.2, 0.25) is 5.91 Å². The van der Waals surface area contributed by atoms with Crippen LogP contribution in [-0.4, -0.2) is 42.8 Å². The summed E-state index contributed by atoms with van der Waals surface area (Å²) in [4.78, 5) is 23.6. The SMILES string of the molecule is O=C(C1CC1)N1CC[C@H](Cn2c(-c3ccc(-c4cccc5nccn45)cc3)nc3cc(C(F)(F)F)ccc32)C1. The van der Waals surface area contributed by atoms with Gasteiger partial charge >= 0.3 is 6.18 Å². The van der Waals surface area contributed by atoms with E-state index < -0.39 is 11.7 Å². The number of hydrogen-bond donors (Lipinski definition) is 0. The Labute approximate surface area is 222 Å². The van der Waals surface area contributed by atoms with Gasteiger partial charge in [0.1, 0.15) is 11.5 Å². The van der Waals surface area contributed by atoms with E-state index in [-0.39, 0.29) is 17.7 Å². The van der Waals surface area contributed by atoms with Crippen molar-refractivity contribution in [3.63, 3.8) is 0 Å². The van der Waals surface area contributed by atoms with E-state index in [4.69, 9.17) is 4.98 Å². The van der Waals surface area contributed by atoms with Gasteiger partial charge in [0, 0.05) is 43.5 Å². The van der Waals surface area contributed by atoms with Crippen LogP contribution in [0.5, 0.6) is 0 Å². The van der Waals surface area contributed by atoms with E-state index in [1.807, 2.05) is 62.5 Å². The Bertz CT molecular complexity index is 1700. The van der Waals surface area contributed by atoms with E-state index in [9.17, 15) is 18.0 Å². The fraction of sp³-hybridized carbons (Fsp3) is 0.300. The predicted molar refractivity (Wildman–Crippen MR) is 142 cm³/mol. The summed E-state index contributed by atoms with van der Waals surface area (Å²) < 4.78 is 44.5. The first kappa shape index (κ1) is 23.9. The largest absolute Gasteiger partial charge is 0.416 e. The van der Waals surface area contributed by atoms with E-state index in [0.717, 1.165) is 60.4 Å². The number of rotatable bonds is 5. The molecule has 0 unspecified atom stereocenters. The number of imidazole rings is 2. The van der Waals surface area contributed by atoms with Crippen LogP contribution in [0.4, 0.5) is 13.2 Å². The second-order valence-corrected chi connectivity index (χ2v) is 10.6. The number of carbonyl (C=O) groups excluding carboxylic acids is 1. The molecular formula is C30H26F3N5O. The van der Waals surface area contributed by atoms with Crippen LogP contribution in [0, 0.1) is 11.8 Å². The molecule has 1 aliphatic heterocycles. The number of nitrogens with zero attached hydrogens (tertiary/aromatic N) is 5. The third kappa shape index (κ3) is 4.35. The molecule has 1 saturated heterocycles. The van der Waals surface area contributed by atoms with Crippen molar-refractivity contribution in [1.29, 1.82) is 0 Å². The number of aromatic nitrogens is 4. The molecule has 9 heteroatoms. The molecule has 0 spiro atoms. The molecule has 2 fully saturated rings. The number of alkyl halides is 3. The highest BCUT2D eigenvalue weighted by atomic mass is 19.4. The van der Waals surface area contributed by atoms with Crippen LogP contribution in [0.15, 0.2) is 73.1 Å². The molecule has 198 valence electrons. The van der Waals surface area contributed by atoms with Gasteiger partial charge in [-0.05, 0) is 61.1 Å². The minimum absolute atomic E-state index is 0.181. The first-order valence-corrected chi connectivity index (χ1v) is 13.2. The van der Waals surface area contributed by atoms with Gasteiger partial charge in [-0.15, -0.1) is 0 Å². The highest BCUT2D eigenvalue weighted by Gasteiger charge is 2.37. The van der Waals surface area contributed by atoms with E-state index >= 15 is 0 Å². The Morgan fingerprint density at radius 2 is 1.77 bits per heavy atom. The van der Waals surface area contributed by atoms with Crippen molar-refractivity contribution in [3.05, 3.63) is 78.6 Å². The molecule has 5 aromatic rings. The summed E-state index contributed by atoms with van der Waals surface area (Å²) in [5, 5.41) is 0. The molecule has 0 bridgehead atoms. The zero-order valence-corrected chi connectivity index (χ0v) is 21.1. The minimum Gasteiger partial charge on any atom is -0.342 e. The molecule has 4 heterocycles. The summed E-state index contributed by atoms with van der Waals surface area (Å²) >= 11 is 0. The van der Waals surface area contributed by atoms with Gasteiger partial charge in [-0.1, -0.05) is 30.3 Å². The number of amides is 1. The third-order valence-corrected chi connectivity index (χ3v) is 7.91. The lowest BCUT2D eigenvalue weighted by Gasteiger charge is -2.18. The number of hydrogen-bond acceptors (Lipinski definition) is 3. The fourth-order valence-corrected chi connectivity index (χ4v) is 5.71. The minimum atomic E-state index is -4.44. The molecule has 0 N–H and O–H groups in total. The van der Waals surface area contributed by atoms with Crippen molar-refractivity contribution in [3.8, 4) is 22.6 Å². The first-order valence-electron chi connectivity index (χ1n) is 13.2. The van der Waals surface area contributed by atoms with Crippen molar-refractivity contribution in [2.45, 2.75) is 32.0 Å². The maximum atomic E-state index is 13.5. The first-order chi connectivity index (χ1) is 18.8. The van der Waals surface area contributed by atoms with Crippen LogP contribution in [0.2, 0.25) is 0 Å². The number of pyridine rings is 1. The maximum Gasteiger partial charge on any atom is 0.416 e. The number of benzene rings is 2. The van der Waals surface area contributed by atoms with E-state index in [1.54, 1.807) is 6.20 Å². The summed E-state index contributed by atoms with van der Waals surface area (Å²) in [6.07, 6.45) is 2.05. The smallest absolute Gasteiger partial charge is 0.342 e. The van der Waals surface area contributed by atoms with Gasteiger partial charge in [-0.3, -0.25) is 9.20 Å². The van der Waals surface area contributed by atoms with Gasteiger partial charge in [0.15, 0.2) is 0 Å². The number of fused-ring (bicyclic) bond motifs is 2. The van der Waals surface area contributed by atoms with E-state index in [1.165, 1.54) is 6.07 Å². The number of carbonyl (C=O) groups is 1. The highest BCUT2D eigenvalue weighted by molar-refractivity contribution is 5.82. The molecule has 1 saturated carbocycles. The molecule has 7 rings (SSSR count). The number of likely N-dealkylation sites (tertiary alicyclic amines) is 1. The topological polar surface area (TPSA) is 55.4 Å². The lowest BCUT2D eigenvalue weighted by atomic mass is 10.1. The van der Waals surface area contributed by atoms with Crippen molar-refractivity contribution < 1.29 is 18.0 Å². The summed E-state index contributed by atoms with van der Waals surface area (Å²) in [5.74, 6) is 1.26. The van der Waals surface area contributed by atoms with E-state index in [2.05, 4.69) is 4.98 Å². The average Bonchev–Trinajstić information content (AvgIpc) is 3.31. The summed E-state index contributed by atoms with van der Waals surface area (Å²) in [5.41, 5.74) is 3.93. The lowest BCUT2D eigenvalue weighted by molar-refractivity contribution is -0.137. The van der Waals surface area contributed by atoms with E-state index in [0.29, 0.717) is 29.9 Å². The molecule has 0 radical (unpaired) electrons. The third-order valence-electron chi connectivity index (χ3n) is 7.91. The lowest BCUT2D eigenvalue weighted by Crippen LogP contribution is -2.30. The monoisotopic (exact) mass is 529 g/mol. The van der Waals surface area contributed by atoms with Crippen molar-refractivity contribution in [2.75, 3.05) is 13.1 Å². The molecule has 1 aliphatic carbocycles. The highest BCUT2D eigenvalue weighted by Crippen LogP contribution is 2.36. The van der Waals surface area contributed by atoms with Gasteiger partial charge in [-0.25, -0.2) is 9.97 Å². The molecule has 3 aromatic heterocycles. The number of halogens is 3. The molecule has 39 heavy (non-hydrogen) atoms. The molecule has 2 aromatic carbocycles. The van der Waals surface area contributed by atoms with Crippen LogP contribution >= 0.6 is 0 Å². The Kier molecular flexibility index (Phi) is 5.50. The van der Waals surface area contributed by atoms with Crippen molar-refractivity contribution in [1.82, 2.24) is 23.8 Å². The zero-order chi connectivity index (χ0) is 26.7. The van der Waals surface area contributed by atoms with Crippen molar-refractivity contribution >= 4 is 22.6 Å². The van der Waals surface area contributed by atoms with Crippen LogP contribution in [0.3, 0.4) is 0 Å². The van der Waals surface area contributed by atoms with Gasteiger partial charge < -0.3 is 9.47 Å². The Balaban J connectivity index is 1.25. The standard InChI is InChI=1S/C30H26F3N5O/c31-30(32,33)23-10-11-26-24(16-23)35-28(38(26)18-19-12-14-36(17-19)29(39)22-8-9-22)21-6-4-20(5-7-21)25-2-1-3-27-34-13-15-37(25)27/h1-7,10-11,13,15-16,19,22H,8-9,12,14,17-18H2/t19-/m0/s1. The van der Waals surface area contributed by atoms with Crippen LogP contribution in [0.25, 0.3) is 39.3 Å².